The van der Waals surface area contributed by atoms with E-state index in [4.69, 9.17) is 9.26 Å². The van der Waals surface area contributed by atoms with Gasteiger partial charge in [-0.3, -0.25) is 9.69 Å². The summed E-state index contributed by atoms with van der Waals surface area (Å²) in [5, 5.41) is 7.29. The summed E-state index contributed by atoms with van der Waals surface area (Å²) in [4.78, 5) is 22.1. The third-order valence-corrected chi connectivity index (χ3v) is 6.70. The molecular formula is C25H37N5O3. The highest BCUT2D eigenvalue weighted by Gasteiger charge is 2.26. The predicted molar refractivity (Wildman–Crippen MR) is 127 cm³/mol. The van der Waals surface area contributed by atoms with Crippen molar-refractivity contribution in [1.82, 2.24) is 25.3 Å². The Morgan fingerprint density at radius 2 is 1.85 bits per heavy atom. The summed E-state index contributed by atoms with van der Waals surface area (Å²) in [5.74, 6) is 2.16. The van der Waals surface area contributed by atoms with E-state index in [0.717, 1.165) is 56.8 Å². The van der Waals surface area contributed by atoms with E-state index in [9.17, 15) is 4.79 Å². The van der Waals surface area contributed by atoms with Crippen molar-refractivity contribution >= 4 is 5.91 Å². The number of amides is 1. The van der Waals surface area contributed by atoms with E-state index < -0.39 is 0 Å². The molecular weight excluding hydrogens is 418 g/mol. The van der Waals surface area contributed by atoms with E-state index >= 15 is 0 Å². The molecule has 1 atom stereocenters. The lowest BCUT2D eigenvalue weighted by molar-refractivity contribution is -0.126. The van der Waals surface area contributed by atoms with Crippen molar-refractivity contribution in [3.05, 3.63) is 30.2 Å². The van der Waals surface area contributed by atoms with Crippen LogP contribution in [0.2, 0.25) is 0 Å². The minimum atomic E-state index is 0.0286. The molecule has 0 spiro atoms. The van der Waals surface area contributed by atoms with Gasteiger partial charge in [-0.1, -0.05) is 18.0 Å². The Labute approximate surface area is 196 Å². The minimum Gasteiger partial charge on any atom is -0.497 e. The van der Waals surface area contributed by atoms with E-state index in [-0.39, 0.29) is 11.8 Å². The Bertz CT molecular complexity index is 861. The lowest BCUT2D eigenvalue weighted by atomic mass is 9.97. The number of nitrogens with one attached hydrogen (secondary N) is 1. The van der Waals surface area contributed by atoms with Crippen LogP contribution in [0.3, 0.4) is 0 Å². The van der Waals surface area contributed by atoms with Crippen molar-refractivity contribution in [1.29, 1.82) is 0 Å². The second-order valence-corrected chi connectivity index (χ2v) is 9.21. The number of carbonyl (C=O) groups is 1. The average Bonchev–Trinajstić information content (AvgIpc) is 3.15. The number of nitrogens with zero attached hydrogens (tertiary/aromatic N) is 4. The highest BCUT2D eigenvalue weighted by molar-refractivity contribution is 5.78. The van der Waals surface area contributed by atoms with Crippen molar-refractivity contribution in [2.24, 2.45) is 5.92 Å². The Kier molecular flexibility index (Phi) is 8.72. The van der Waals surface area contributed by atoms with Crippen molar-refractivity contribution in [3.8, 4) is 17.1 Å². The molecule has 1 amide bonds. The van der Waals surface area contributed by atoms with Gasteiger partial charge in [0.05, 0.1) is 19.6 Å². The Balaban J connectivity index is 1.20. The Hall–Kier alpha value is -2.45. The summed E-state index contributed by atoms with van der Waals surface area (Å²) in [6.45, 7) is 6.52. The molecule has 1 unspecified atom stereocenters. The monoisotopic (exact) mass is 455 g/mol. The van der Waals surface area contributed by atoms with E-state index in [1.807, 2.05) is 24.3 Å². The summed E-state index contributed by atoms with van der Waals surface area (Å²) >= 11 is 0. The number of ether oxygens (including phenoxy) is 1. The number of hydrogen-bond acceptors (Lipinski definition) is 7. The quantitative estimate of drug-likeness (QED) is 0.581. The molecule has 2 aromatic rings. The summed E-state index contributed by atoms with van der Waals surface area (Å²) in [5.41, 5.74) is 0.891. The van der Waals surface area contributed by atoms with Crippen LogP contribution in [-0.4, -0.2) is 72.2 Å². The molecule has 1 aromatic carbocycles. The summed E-state index contributed by atoms with van der Waals surface area (Å²) in [6.07, 6.45) is 8.31. The van der Waals surface area contributed by atoms with Gasteiger partial charge in [0.2, 0.25) is 17.6 Å². The first-order valence-corrected chi connectivity index (χ1v) is 12.4. The van der Waals surface area contributed by atoms with E-state index in [0.29, 0.717) is 18.3 Å². The number of benzene rings is 1. The molecule has 4 rings (SSSR count). The number of hydrogen-bond donors (Lipinski definition) is 1. The minimum absolute atomic E-state index is 0.0286. The van der Waals surface area contributed by atoms with Gasteiger partial charge < -0.3 is 19.5 Å². The summed E-state index contributed by atoms with van der Waals surface area (Å²) in [7, 11) is 1.64. The van der Waals surface area contributed by atoms with Gasteiger partial charge >= 0.3 is 0 Å². The van der Waals surface area contributed by atoms with Gasteiger partial charge in [-0.2, -0.15) is 4.98 Å². The molecule has 180 valence electrons. The lowest BCUT2D eigenvalue weighted by Crippen LogP contribution is -2.43. The van der Waals surface area contributed by atoms with Gasteiger partial charge in [0.25, 0.3) is 0 Å². The smallest absolute Gasteiger partial charge is 0.241 e. The van der Waals surface area contributed by atoms with Gasteiger partial charge in [0.15, 0.2) is 0 Å². The number of piperidine rings is 1. The van der Waals surface area contributed by atoms with Crippen LogP contribution in [0.4, 0.5) is 0 Å². The standard InChI is InChI=1S/C25H37N5O3/c1-32-22-11-9-20(10-12-22)24-27-23(33-28-24)19-30-16-6-8-21(18-30)25(31)26-13-7-17-29-14-4-2-3-5-15-29/h9-12,21H,2-8,13-19H2,1H3,(H,26,31). The van der Waals surface area contributed by atoms with Gasteiger partial charge in [0, 0.05) is 18.7 Å². The number of methoxy groups -OCH3 is 1. The maximum absolute atomic E-state index is 12.7. The maximum Gasteiger partial charge on any atom is 0.241 e. The van der Waals surface area contributed by atoms with Gasteiger partial charge in [-0.15, -0.1) is 0 Å². The van der Waals surface area contributed by atoms with Crippen LogP contribution in [0.15, 0.2) is 28.8 Å². The van der Waals surface area contributed by atoms with Crippen molar-refractivity contribution in [2.45, 2.75) is 51.5 Å². The van der Waals surface area contributed by atoms with Crippen LogP contribution in [0.1, 0.15) is 50.8 Å². The van der Waals surface area contributed by atoms with Crippen LogP contribution in [0, 0.1) is 5.92 Å². The van der Waals surface area contributed by atoms with Gasteiger partial charge in [-0.25, -0.2) is 0 Å². The topological polar surface area (TPSA) is 83.7 Å². The molecule has 0 saturated carbocycles. The first-order chi connectivity index (χ1) is 16.2. The molecule has 3 heterocycles. The third kappa shape index (κ3) is 7.01. The van der Waals surface area contributed by atoms with Crippen LogP contribution in [-0.2, 0) is 11.3 Å². The molecule has 1 aromatic heterocycles. The molecule has 33 heavy (non-hydrogen) atoms. The molecule has 8 nitrogen and oxygen atoms in total. The second-order valence-electron chi connectivity index (χ2n) is 9.21. The number of rotatable bonds is 9. The average molecular weight is 456 g/mol. The fourth-order valence-electron chi connectivity index (χ4n) is 4.80. The highest BCUT2D eigenvalue weighted by atomic mass is 16.5. The third-order valence-electron chi connectivity index (χ3n) is 6.70. The van der Waals surface area contributed by atoms with Gasteiger partial charge in [0.1, 0.15) is 5.75 Å². The lowest BCUT2D eigenvalue weighted by Gasteiger charge is -2.31. The molecule has 2 aliphatic rings. The van der Waals surface area contributed by atoms with Crippen LogP contribution in [0.25, 0.3) is 11.4 Å². The predicted octanol–water partition coefficient (Wildman–Crippen LogP) is 3.34. The fraction of sp³-hybridized carbons (Fsp3) is 0.640. The zero-order valence-electron chi connectivity index (χ0n) is 19.8. The number of likely N-dealkylation sites (tertiary alicyclic amines) is 2. The normalized spacial score (nSPS) is 20.3. The van der Waals surface area contributed by atoms with Gasteiger partial charge in [-0.05, 0) is 82.5 Å². The SMILES string of the molecule is COc1ccc(-c2noc(CN3CCCC(C(=O)NCCCN4CCCCCC4)C3)n2)cc1. The fourth-order valence-corrected chi connectivity index (χ4v) is 4.80. The van der Waals surface area contributed by atoms with E-state index in [1.165, 1.54) is 38.8 Å². The van der Waals surface area contributed by atoms with Crippen LogP contribution in [0.5, 0.6) is 5.75 Å². The molecule has 0 aliphatic carbocycles. The Morgan fingerprint density at radius 3 is 2.61 bits per heavy atom. The highest BCUT2D eigenvalue weighted by Crippen LogP contribution is 2.22. The molecule has 2 fully saturated rings. The number of aromatic nitrogens is 2. The van der Waals surface area contributed by atoms with Crippen LogP contribution >= 0.6 is 0 Å². The second kappa shape index (κ2) is 12.1. The zero-order chi connectivity index (χ0) is 22.9. The largest absolute Gasteiger partial charge is 0.497 e. The molecule has 2 saturated heterocycles. The van der Waals surface area contributed by atoms with Crippen LogP contribution < -0.4 is 10.1 Å². The molecule has 0 radical (unpaired) electrons. The first-order valence-electron chi connectivity index (χ1n) is 12.4. The Morgan fingerprint density at radius 1 is 1.09 bits per heavy atom. The summed E-state index contributed by atoms with van der Waals surface area (Å²) in [6, 6.07) is 7.60. The van der Waals surface area contributed by atoms with Crippen molar-refractivity contribution < 1.29 is 14.1 Å². The molecule has 8 heteroatoms. The first kappa shape index (κ1) is 23.7. The van der Waals surface area contributed by atoms with Crippen molar-refractivity contribution in [3.63, 3.8) is 0 Å². The number of carbonyl (C=O) groups excluding carboxylic acids is 1. The van der Waals surface area contributed by atoms with Crippen molar-refractivity contribution in [2.75, 3.05) is 46.4 Å². The van der Waals surface area contributed by atoms with E-state index in [2.05, 4.69) is 25.3 Å². The maximum atomic E-state index is 12.7. The molecule has 2 aliphatic heterocycles. The molecule has 0 bridgehead atoms. The molecule has 1 N–H and O–H groups in total. The zero-order valence-corrected chi connectivity index (χ0v) is 19.8. The van der Waals surface area contributed by atoms with E-state index in [1.54, 1.807) is 7.11 Å². The summed E-state index contributed by atoms with van der Waals surface area (Å²) < 4.78 is 10.7.